The van der Waals surface area contributed by atoms with E-state index in [1.165, 1.54) is 17.7 Å². The van der Waals surface area contributed by atoms with Gasteiger partial charge in [-0.1, -0.05) is 19.1 Å². The summed E-state index contributed by atoms with van der Waals surface area (Å²) in [6.45, 7) is 3.74. The molecule has 0 bridgehead atoms. The average molecular weight is 225 g/mol. The monoisotopic (exact) mass is 225 g/mol. The molecule has 0 aliphatic rings. The molecule has 0 amide bonds. The Bertz CT molecular complexity index is 280. The molecule has 1 N–H and O–H groups in total. The van der Waals surface area contributed by atoms with E-state index in [0.717, 1.165) is 26.0 Å². The lowest BCUT2D eigenvalue weighted by Crippen LogP contribution is -2.33. The molecule has 0 aliphatic carbocycles. The van der Waals surface area contributed by atoms with E-state index in [1.54, 1.807) is 7.11 Å². The molecule has 0 saturated heterocycles. The SMILES string of the molecule is CCNC(CCc1ccc(F)cc1)COC. The van der Waals surface area contributed by atoms with Crippen LogP contribution in [-0.2, 0) is 11.2 Å². The molecule has 0 spiro atoms. The molecule has 0 fully saturated rings. The lowest BCUT2D eigenvalue weighted by molar-refractivity contribution is 0.163. The van der Waals surface area contributed by atoms with Crippen molar-refractivity contribution in [2.24, 2.45) is 0 Å². The minimum atomic E-state index is -0.177. The Balaban J connectivity index is 2.38. The predicted molar refractivity (Wildman–Crippen MR) is 64.1 cm³/mol. The van der Waals surface area contributed by atoms with Gasteiger partial charge in [-0.05, 0) is 37.1 Å². The van der Waals surface area contributed by atoms with E-state index in [-0.39, 0.29) is 5.82 Å². The van der Waals surface area contributed by atoms with Crippen molar-refractivity contribution in [3.63, 3.8) is 0 Å². The van der Waals surface area contributed by atoms with Crippen molar-refractivity contribution in [3.05, 3.63) is 35.6 Å². The van der Waals surface area contributed by atoms with Gasteiger partial charge in [0.05, 0.1) is 6.61 Å². The molecule has 1 aromatic rings. The molecule has 0 aromatic heterocycles. The fourth-order valence-corrected chi connectivity index (χ4v) is 1.73. The second kappa shape index (κ2) is 7.36. The highest BCUT2D eigenvalue weighted by Gasteiger charge is 2.06. The van der Waals surface area contributed by atoms with Crippen LogP contribution < -0.4 is 5.32 Å². The van der Waals surface area contributed by atoms with Crippen molar-refractivity contribution >= 4 is 0 Å². The fourth-order valence-electron chi connectivity index (χ4n) is 1.73. The first kappa shape index (κ1) is 13.1. The number of nitrogens with one attached hydrogen (secondary N) is 1. The summed E-state index contributed by atoms with van der Waals surface area (Å²) in [6, 6.07) is 7.07. The molecule has 0 saturated carbocycles. The topological polar surface area (TPSA) is 21.3 Å². The number of methoxy groups -OCH3 is 1. The van der Waals surface area contributed by atoms with Gasteiger partial charge in [-0.2, -0.15) is 0 Å². The minimum absolute atomic E-state index is 0.177. The number of likely N-dealkylation sites (N-methyl/N-ethyl adjacent to an activating group) is 1. The van der Waals surface area contributed by atoms with Crippen molar-refractivity contribution in [1.29, 1.82) is 0 Å². The van der Waals surface area contributed by atoms with Crippen LogP contribution in [0.2, 0.25) is 0 Å². The molecule has 1 unspecified atom stereocenters. The van der Waals surface area contributed by atoms with Crippen LogP contribution in [-0.4, -0.2) is 26.3 Å². The van der Waals surface area contributed by atoms with E-state index >= 15 is 0 Å². The van der Waals surface area contributed by atoms with Gasteiger partial charge >= 0.3 is 0 Å². The van der Waals surface area contributed by atoms with Gasteiger partial charge in [0.25, 0.3) is 0 Å². The summed E-state index contributed by atoms with van der Waals surface area (Å²) in [5.74, 6) is -0.177. The van der Waals surface area contributed by atoms with Gasteiger partial charge < -0.3 is 10.1 Å². The first-order valence-corrected chi connectivity index (χ1v) is 5.73. The van der Waals surface area contributed by atoms with Gasteiger partial charge in [0.1, 0.15) is 5.82 Å². The second-order valence-electron chi connectivity index (χ2n) is 3.88. The third-order valence-corrected chi connectivity index (χ3v) is 2.56. The Morgan fingerprint density at radius 3 is 2.56 bits per heavy atom. The normalized spacial score (nSPS) is 12.7. The summed E-state index contributed by atoms with van der Waals surface area (Å²) in [4.78, 5) is 0. The Morgan fingerprint density at radius 2 is 2.00 bits per heavy atom. The highest BCUT2D eigenvalue weighted by molar-refractivity contribution is 5.16. The number of ether oxygens (including phenoxy) is 1. The maximum Gasteiger partial charge on any atom is 0.123 e. The van der Waals surface area contributed by atoms with Crippen molar-refractivity contribution in [2.75, 3.05) is 20.3 Å². The van der Waals surface area contributed by atoms with Gasteiger partial charge in [-0.15, -0.1) is 0 Å². The molecule has 90 valence electrons. The molecule has 0 aliphatic heterocycles. The summed E-state index contributed by atoms with van der Waals surface area (Å²) in [6.07, 6.45) is 1.95. The van der Waals surface area contributed by atoms with Crippen LogP contribution in [0.15, 0.2) is 24.3 Å². The molecular weight excluding hydrogens is 205 g/mol. The second-order valence-corrected chi connectivity index (χ2v) is 3.88. The standard InChI is InChI=1S/C13H20FNO/c1-3-15-13(10-16-2)9-6-11-4-7-12(14)8-5-11/h4-5,7-8,13,15H,3,6,9-10H2,1-2H3. The van der Waals surface area contributed by atoms with E-state index in [4.69, 9.17) is 4.74 Å². The van der Waals surface area contributed by atoms with E-state index < -0.39 is 0 Å². The predicted octanol–water partition coefficient (Wildman–Crippen LogP) is 2.38. The van der Waals surface area contributed by atoms with Crippen molar-refractivity contribution in [2.45, 2.75) is 25.8 Å². The van der Waals surface area contributed by atoms with Gasteiger partial charge in [0, 0.05) is 13.2 Å². The number of rotatable bonds is 7. The Hall–Kier alpha value is -0.930. The number of hydrogen-bond donors (Lipinski definition) is 1. The summed E-state index contributed by atoms with van der Waals surface area (Å²) in [7, 11) is 1.71. The van der Waals surface area contributed by atoms with Crippen LogP contribution >= 0.6 is 0 Å². The minimum Gasteiger partial charge on any atom is -0.383 e. The van der Waals surface area contributed by atoms with E-state index in [1.807, 2.05) is 12.1 Å². The average Bonchev–Trinajstić information content (AvgIpc) is 2.29. The molecule has 1 atom stereocenters. The number of hydrogen-bond acceptors (Lipinski definition) is 2. The first-order valence-electron chi connectivity index (χ1n) is 5.73. The van der Waals surface area contributed by atoms with Crippen molar-refractivity contribution in [1.82, 2.24) is 5.32 Å². The summed E-state index contributed by atoms with van der Waals surface area (Å²) in [5, 5.41) is 3.37. The molecular formula is C13H20FNO. The number of aryl methyl sites for hydroxylation is 1. The summed E-state index contributed by atoms with van der Waals surface area (Å²) in [5.41, 5.74) is 1.17. The maximum absolute atomic E-state index is 12.7. The molecule has 0 radical (unpaired) electrons. The molecule has 1 aromatic carbocycles. The molecule has 2 nitrogen and oxygen atoms in total. The van der Waals surface area contributed by atoms with Gasteiger partial charge in [0.2, 0.25) is 0 Å². The lowest BCUT2D eigenvalue weighted by atomic mass is 10.1. The van der Waals surface area contributed by atoms with Crippen LogP contribution in [0.1, 0.15) is 18.9 Å². The van der Waals surface area contributed by atoms with Crippen LogP contribution in [0.25, 0.3) is 0 Å². The van der Waals surface area contributed by atoms with E-state index in [2.05, 4.69) is 12.2 Å². The summed E-state index contributed by atoms with van der Waals surface area (Å²) >= 11 is 0. The molecule has 0 heterocycles. The Labute approximate surface area is 96.8 Å². The first-order chi connectivity index (χ1) is 7.76. The highest BCUT2D eigenvalue weighted by atomic mass is 19.1. The summed E-state index contributed by atoms with van der Waals surface area (Å²) < 4.78 is 17.8. The third kappa shape index (κ3) is 4.73. The smallest absolute Gasteiger partial charge is 0.123 e. The molecule has 1 rings (SSSR count). The zero-order valence-corrected chi connectivity index (χ0v) is 10.0. The van der Waals surface area contributed by atoms with Crippen LogP contribution in [0.3, 0.4) is 0 Å². The zero-order valence-electron chi connectivity index (χ0n) is 10.0. The quantitative estimate of drug-likeness (QED) is 0.769. The van der Waals surface area contributed by atoms with Gasteiger partial charge in [-0.3, -0.25) is 0 Å². The van der Waals surface area contributed by atoms with E-state index in [0.29, 0.717) is 6.04 Å². The fraction of sp³-hybridized carbons (Fsp3) is 0.538. The van der Waals surface area contributed by atoms with Crippen LogP contribution in [0.4, 0.5) is 4.39 Å². The molecule has 16 heavy (non-hydrogen) atoms. The van der Waals surface area contributed by atoms with Gasteiger partial charge in [0.15, 0.2) is 0 Å². The van der Waals surface area contributed by atoms with Crippen molar-refractivity contribution < 1.29 is 9.13 Å². The Morgan fingerprint density at radius 1 is 1.31 bits per heavy atom. The zero-order chi connectivity index (χ0) is 11.8. The third-order valence-electron chi connectivity index (χ3n) is 2.56. The maximum atomic E-state index is 12.7. The van der Waals surface area contributed by atoms with Crippen LogP contribution in [0.5, 0.6) is 0 Å². The van der Waals surface area contributed by atoms with Crippen molar-refractivity contribution in [3.8, 4) is 0 Å². The number of halogens is 1. The molecule has 3 heteroatoms. The highest BCUT2D eigenvalue weighted by Crippen LogP contribution is 2.07. The largest absolute Gasteiger partial charge is 0.383 e. The number of benzene rings is 1. The lowest BCUT2D eigenvalue weighted by Gasteiger charge is -2.16. The van der Waals surface area contributed by atoms with Gasteiger partial charge in [-0.25, -0.2) is 4.39 Å². The van der Waals surface area contributed by atoms with Crippen LogP contribution in [0, 0.1) is 5.82 Å². The van der Waals surface area contributed by atoms with E-state index in [9.17, 15) is 4.39 Å². The Kier molecular flexibility index (Phi) is 6.04.